The van der Waals surface area contributed by atoms with Gasteiger partial charge in [0, 0.05) is 29.9 Å². The van der Waals surface area contributed by atoms with Crippen molar-refractivity contribution in [3.8, 4) is 0 Å². The molecule has 0 bridgehead atoms. The molecule has 4 N–H and O–H groups in total. The zero-order valence-corrected chi connectivity index (χ0v) is 13.2. The molecular formula is C16H18N2O4S. The second kappa shape index (κ2) is 7.36. The van der Waals surface area contributed by atoms with Crippen LogP contribution in [0.3, 0.4) is 0 Å². The molecule has 0 unspecified atom stereocenters. The molecule has 0 aliphatic rings. The summed E-state index contributed by atoms with van der Waals surface area (Å²) in [6.45, 7) is 0.395. The summed E-state index contributed by atoms with van der Waals surface area (Å²) in [6.07, 6.45) is 0. The van der Waals surface area contributed by atoms with Gasteiger partial charge in [0.05, 0.1) is 5.75 Å². The standard InChI is InChI=1S/C16H18N2O4S/c17-15-7-6-13(16(19)12-4-2-1-3-5-12)10-14(15)11-18-8-9-23(20,21)22/h1-7,10,18H,8-9,11,17H2,(H,20,21,22). The van der Waals surface area contributed by atoms with Gasteiger partial charge in [0.15, 0.2) is 5.78 Å². The van der Waals surface area contributed by atoms with E-state index in [1.807, 2.05) is 6.07 Å². The first-order valence-electron chi connectivity index (χ1n) is 7.01. The predicted molar refractivity (Wildman–Crippen MR) is 88.9 cm³/mol. The van der Waals surface area contributed by atoms with E-state index in [-0.39, 0.29) is 18.1 Å². The maximum absolute atomic E-state index is 12.4. The van der Waals surface area contributed by atoms with Crippen molar-refractivity contribution in [3.05, 3.63) is 65.2 Å². The number of rotatable bonds is 7. The van der Waals surface area contributed by atoms with Crippen molar-refractivity contribution in [1.82, 2.24) is 5.32 Å². The molecule has 0 aliphatic heterocycles. The number of nitrogens with two attached hydrogens (primary N) is 1. The van der Waals surface area contributed by atoms with Crippen molar-refractivity contribution in [2.75, 3.05) is 18.0 Å². The van der Waals surface area contributed by atoms with Gasteiger partial charge in [0.1, 0.15) is 0 Å². The van der Waals surface area contributed by atoms with E-state index in [0.717, 1.165) is 0 Å². The second-order valence-corrected chi connectivity index (χ2v) is 6.64. The number of nitrogens with one attached hydrogen (secondary N) is 1. The van der Waals surface area contributed by atoms with Crippen molar-refractivity contribution < 1.29 is 17.8 Å². The van der Waals surface area contributed by atoms with E-state index >= 15 is 0 Å². The van der Waals surface area contributed by atoms with Crippen LogP contribution in [-0.2, 0) is 16.7 Å². The van der Waals surface area contributed by atoms with Gasteiger partial charge in [-0.3, -0.25) is 9.35 Å². The number of anilines is 1. The first-order valence-corrected chi connectivity index (χ1v) is 8.62. The normalized spacial score (nSPS) is 11.3. The summed E-state index contributed by atoms with van der Waals surface area (Å²) < 4.78 is 30.0. The third kappa shape index (κ3) is 5.17. The van der Waals surface area contributed by atoms with Crippen LogP contribution in [0.4, 0.5) is 5.69 Å². The van der Waals surface area contributed by atoms with E-state index in [1.54, 1.807) is 42.5 Å². The molecule has 0 saturated carbocycles. The highest BCUT2D eigenvalue weighted by molar-refractivity contribution is 7.85. The van der Waals surface area contributed by atoms with Crippen LogP contribution in [0, 0.1) is 0 Å². The lowest BCUT2D eigenvalue weighted by atomic mass is 10.0. The van der Waals surface area contributed by atoms with Crippen molar-refractivity contribution in [3.63, 3.8) is 0 Å². The highest BCUT2D eigenvalue weighted by Crippen LogP contribution is 2.17. The van der Waals surface area contributed by atoms with Crippen molar-refractivity contribution >= 4 is 21.6 Å². The van der Waals surface area contributed by atoms with E-state index < -0.39 is 10.1 Å². The summed E-state index contributed by atoms with van der Waals surface area (Å²) in [4.78, 5) is 12.4. The molecule has 122 valence electrons. The molecule has 2 rings (SSSR count). The third-order valence-corrected chi connectivity index (χ3v) is 4.01. The van der Waals surface area contributed by atoms with Crippen LogP contribution in [0.25, 0.3) is 0 Å². The summed E-state index contributed by atoms with van der Waals surface area (Å²) in [5, 5.41) is 2.87. The summed E-state index contributed by atoms with van der Waals surface area (Å²) in [7, 11) is -3.99. The fourth-order valence-electron chi connectivity index (χ4n) is 2.08. The van der Waals surface area contributed by atoms with Crippen LogP contribution in [0.5, 0.6) is 0 Å². The molecule has 23 heavy (non-hydrogen) atoms. The lowest BCUT2D eigenvalue weighted by molar-refractivity contribution is 0.103. The molecule has 2 aromatic rings. The van der Waals surface area contributed by atoms with Gasteiger partial charge in [-0.25, -0.2) is 0 Å². The molecule has 0 radical (unpaired) electrons. The van der Waals surface area contributed by atoms with Gasteiger partial charge in [-0.2, -0.15) is 8.42 Å². The van der Waals surface area contributed by atoms with Crippen molar-refractivity contribution in [1.29, 1.82) is 0 Å². The minimum absolute atomic E-state index is 0.0924. The summed E-state index contributed by atoms with van der Waals surface area (Å²) >= 11 is 0. The molecule has 0 amide bonds. The van der Waals surface area contributed by atoms with Gasteiger partial charge >= 0.3 is 0 Å². The Bertz CT molecular complexity index is 789. The summed E-state index contributed by atoms with van der Waals surface area (Å²) in [5.74, 6) is -0.486. The third-order valence-electron chi connectivity index (χ3n) is 3.29. The Morgan fingerprint density at radius 3 is 2.43 bits per heavy atom. The molecule has 0 aliphatic carbocycles. The highest BCUT2D eigenvalue weighted by Gasteiger charge is 2.11. The minimum atomic E-state index is -3.99. The maximum atomic E-state index is 12.4. The number of ketones is 1. The Morgan fingerprint density at radius 1 is 1.09 bits per heavy atom. The number of benzene rings is 2. The van der Waals surface area contributed by atoms with Gasteiger partial charge in [0.2, 0.25) is 0 Å². The van der Waals surface area contributed by atoms with E-state index in [4.69, 9.17) is 10.3 Å². The van der Waals surface area contributed by atoms with Crippen LogP contribution in [0.1, 0.15) is 21.5 Å². The average Bonchev–Trinajstić information content (AvgIpc) is 2.52. The number of nitrogen functional groups attached to an aromatic ring is 1. The number of carbonyl (C=O) groups excluding carboxylic acids is 1. The Morgan fingerprint density at radius 2 is 1.78 bits per heavy atom. The quantitative estimate of drug-likeness (QED) is 0.306. The molecule has 7 heteroatoms. The lowest BCUT2D eigenvalue weighted by Gasteiger charge is -2.09. The molecule has 0 spiro atoms. The zero-order chi connectivity index (χ0) is 16.9. The van der Waals surface area contributed by atoms with Crippen LogP contribution < -0.4 is 11.1 Å². The molecule has 0 heterocycles. The van der Waals surface area contributed by atoms with Gasteiger partial charge in [0.25, 0.3) is 10.1 Å². The Balaban J connectivity index is 2.08. The molecule has 6 nitrogen and oxygen atoms in total. The van der Waals surface area contributed by atoms with Gasteiger partial charge in [-0.1, -0.05) is 30.3 Å². The number of hydrogen-bond donors (Lipinski definition) is 3. The zero-order valence-electron chi connectivity index (χ0n) is 12.4. The van der Waals surface area contributed by atoms with E-state index in [9.17, 15) is 13.2 Å². The predicted octanol–water partition coefficient (Wildman–Crippen LogP) is 1.48. The smallest absolute Gasteiger partial charge is 0.266 e. The monoisotopic (exact) mass is 334 g/mol. The van der Waals surface area contributed by atoms with Crippen molar-refractivity contribution in [2.24, 2.45) is 0 Å². The molecule has 0 atom stereocenters. The summed E-state index contributed by atoms with van der Waals surface area (Å²) in [6, 6.07) is 13.9. The Kier molecular flexibility index (Phi) is 5.49. The van der Waals surface area contributed by atoms with Crippen LogP contribution in [0.15, 0.2) is 48.5 Å². The first kappa shape index (κ1) is 17.1. The van der Waals surface area contributed by atoms with Gasteiger partial charge < -0.3 is 11.1 Å². The number of carbonyl (C=O) groups is 1. The fourth-order valence-corrected chi connectivity index (χ4v) is 2.48. The maximum Gasteiger partial charge on any atom is 0.266 e. The largest absolute Gasteiger partial charge is 0.398 e. The fraction of sp³-hybridized carbons (Fsp3) is 0.188. The van der Waals surface area contributed by atoms with Crippen molar-refractivity contribution in [2.45, 2.75) is 6.54 Å². The SMILES string of the molecule is Nc1ccc(C(=O)c2ccccc2)cc1CNCCS(=O)(=O)O. The van der Waals surface area contributed by atoms with E-state index in [2.05, 4.69) is 5.32 Å². The number of hydrogen-bond acceptors (Lipinski definition) is 5. The average molecular weight is 334 g/mol. The summed E-state index contributed by atoms with van der Waals surface area (Å²) in [5.41, 5.74) is 8.18. The molecular weight excluding hydrogens is 316 g/mol. The molecule has 2 aromatic carbocycles. The first-order chi connectivity index (χ1) is 10.9. The Hall–Kier alpha value is -2.22. The highest BCUT2D eigenvalue weighted by atomic mass is 32.2. The van der Waals surface area contributed by atoms with Gasteiger partial charge in [-0.05, 0) is 23.8 Å². The lowest BCUT2D eigenvalue weighted by Crippen LogP contribution is -2.22. The minimum Gasteiger partial charge on any atom is -0.398 e. The van der Waals surface area contributed by atoms with Crippen LogP contribution >= 0.6 is 0 Å². The second-order valence-electron chi connectivity index (χ2n) is 5.07. The Labute approximate surface area is 135 Å². The van der Waals surface area contributed by atoms with E-state index in [1.165, 1.54) is 0 Å². The molecule has 0 aromatic heterocycles. The van der Waals surface area contributed by atoms with Crippen LogP contribution in [-0.4, -0.2) is 31.1 Å². The molecule has 0 saturated heterocycles. The van der Waals surface area contributed by atoms with E-state index in [0.29, 0.717) is 28.9 Å². The van der Waals surface area contributed by atoms with Gasteiger partial charge in [-0.15, -0.1) is 0 Å². The van der Waals surface area contributed by atoms with Crippen LogP contribution in [0.2, 0.25) is 0 Å². The molecule has 0 fully saturated rings. The topological polar surface area (TPSA) is 109 Å².